The molecule has 2 aliphatic carbocycles. The van der Waals surface area contributed by atoms with Gasteiger partial charge in [0.2, 0.25) is 0 Å². The standard InChI is InChI=1S/C34H40N6O6/c1-21-3-9-27-25(15-21)39(17-23-5-6-23)19-33(43-27,31-35-11-12-36-31)45-29(41)30(42)46-34(32-37-13-14-38-32)20-40(18-24-7-8-24)26-16-22(2)4-10-28(26)44-34/h3-4,9-10,15-16,23-24H,5-8,11-14,17-20H2,1-2H3,(H,35,36)(H,37,38). The smallest absolute Gasteiger partial charge is 0.421 e. The number of carbonyl (C=O) groups excluding carboxylic acids is 2. The van der Waals surface area contributed by atoms with Gasteiger partial charge in [0.25, 0.3) is 0 Å². The lowest BCUT2D eigenvalue weighted by Gasteiger charge is -2.44. The van der Waals surface area contributed by atoms with Crippen LogP contribution in [0.3, 0.4) is 0 Å². The molecule has 242 valence electrons. The van der Waals surface area contributed by atoms with Crippen LogP contribution < -0.4 is 29.9 Å². The lowest BCUT2D eigenvalue weighted by Crippen LogP contribution is -2.64. The Hall–Kier alpha value is -4.48. The van der Waals surface area contributed by atoms with Crippen molar-refractivity contribution in [1.29, 1.82) is 0 Å². The quantitative estimate of drug-likeness (QED) is 0.333. The van der Waals surface area contributed by atoms with Crippen LogP contribution >= 0.6 is 0 Å². The summed E-state index contributed by atoms with van der Waals surface area (Å²) in [7, 11) is 0. The minimum atomic E-state index is -1.66. The fraction of sp³-hybridized carbons (Fsp3) is 0.529. The summed E-state index contributed by atoms with van der Waals surface area (Å²) in [5.74, 6) is -2.70. The fourth-order valence-electron chi connectivity index (χ4n) is 6.70. The van der Waals surface area contributed by atoms with Gasteiger partial charge in [-0.25, -0.2) is 9.59 Å². The highest BCUT2D eigenvalue weighted by Gasteiger charge is 2.54. The van der Waals surface area contributed by atoms with Crippen LogP contribution in [0.2, 0.25) is 0 Å². The number of nitrogens with zero attached hydrogens (tertiary/aromatic N) is 4. The maximum Gasteiger partial charge on any atom is 0.421 e. The summed E-state index contributed by atoms with van der Waals surface area (Å²) in [6, 6.07) is 11.8. The molecule has 12 nitrogen and oxygen atoms in total. The Bertz CT molecular complexity index is 1520. The summed E-state index contributed by atoms with van der Waals surface area (Å²) < 4.78 is 25.1. The van der Waals surface area contributed by atoms with Crippen molar-refractivity contribution < 1.29 is 28.5 Å². The molecule has 2 saturated carbocycles. The molecular weight excluding hydrogens is 588 g/mol. The van der Waals surface area contributed by atoms with Crippen molar-refractivity contribution in [3.8, 4) is 11.5 Å². The number of amidine groups is 2. The van der Waals surface area contributed by atoms with E-state index in [0.29, 0.717) is 61.2 Å². The Labute approximate surface area is 268 Å². The van der Waals surface area contributed by atoms with Crippen LogP contribution in [0.15, 0.2) is 46.4 Å². The van der Waals surface area contributed by atoms with E-state index in [1.807, 2.05) is 38.1 Å². The van der Waals surface area contributed by atoms with Crippen molar-refractivity contribution in [2.75, 3.05) is 62.2 Å². The van der Waals surface area contributed by atoms with E-state index in [0.717, 1.165) is 61.3 Å². The molecule has 2 atom stereocenters. The highest BCUT2D eigenvalue weighted by molar-refractivity contribution is 6.30. The minimum absolute atomic E-state index is 0.183. The Morgan fingerprint density at radius 1 is 0.761 bits per heavy atom. The predicted molar refractivity (Wildman–Crippen MR) is 172 cm³/mol. The van der Waals surface area contributed by atoms with E-state index in [9.17, 15) is 9.59 Å². The molecule has 6 aliphatic rings. The summed E-state index contributed by atoms with van der Waals surface area (Å²) in [4.78, 5) is 41.3. The molecule has 2 fully saturated rings. The molecule has 46 heavy (non-hydrogen) atoms. The van der Waals surface area contributed by atoms with Crippen molar-refractivity contribution >= 4 is 35.0 Å². The van der Waals surface area contributed by atoms with Gasteiger partial charge < -0.3 is 39.4 Å². The lowest BCUT2D eigenvalue weighted by molar-refractivity contribution is -0.202. The maximum atomic E-state index is 13.9. The highest BCUT2D eigenvalue weighted by Crippen LogP contribution is 2.44. The van der Waals surface area contributed by atoms with E-state index in [1.165, 1.54) is 0 Å². The highest BCUT2D eigenvalue weighted by atomic mass is 16.8. The van der Waals surface area contributed by atoms with Gasteiger partial charge in [-0.1, -0.05) is 12.1 Å². The number of rotatable bonds is 8. The molecule has 2 aromatic carbocycles. The predicted octanol–water partition coefficient (Wildman–Crippen LogP) is 2.70. The molecule has 0 radical (unpaired) electrons. The van der Waals surface area contributed by atoms with Gasteiger partial charge in [0, 0.05) is 26.2 Å². The van der Waals surface area contributed by atoms with E-state index in [-0.39, 0.29) is 13.1 Å². The van der Waals surface area contributed by atoms with Crippen LogP contribution in [-0.2, 0) is 19.1 Å². The van der Waals surface area contributed by atoms with Crippen LogP contribution in [0.5, 0.6) is 11.5 Å². The van der Waals surface area contributed by atoms with Gasteiger partial charge in [0.05, 0.1) is 24.5 Å². The summed E-state index contributed by atoms with van der Waals surface area (Å²) in [5.41, 5.74) is 4.07. The van der Waals surface area contributed by atoms with Crippen molar-refractivity contribution in [1.82, 2.24) is 10.6 Å². The molecule has 0 bridgehead atoms. The molecule has 2 aromatic rings. The molecule has 4 heterocycles. The molecule has 0 saturated heterocycles. The topological polar surface area (TPSA) is 126 Å². The van der Waals surface area contributed by atoms with Crippen LogP contribution in [-0.4, -0.2) is 87.5 Å². The molecule has 2 unspecified atom stereocenters. The third kappa shape index (κ3) is 5.47. The van der Waals surface area contributed by atoms with Crippen LogP contribution in [0.4, 0.5) is 11.4 Å². The number of benzene rings is 2. The first-order chi connectivity index (χ1) is 22.3. The van der Waals surface area contributed by atoms with E-state index in [4.69, 9.17) is 18.9 Å². The van der Waals surface area contributed by atoms with Crippen molar-refractivity contribution in [2.24, 2.45) is 21.8 Å². The summed E-state index contributed by atoms with van der Waals surface area (Å²) in [6.45, 7) is 8.17. The number of esters is 2. The largest absolute Gasteiger partial charge is 0.442 e. The first-order valence-electron chi connectivity index (χ1n) is 16.4. The fourth-order valence-corrected chi connectivity index (χ4v) is 6.70. The Balaban J connectivity index is 1.10. The van der Waals surface area contributed by atoms with Crippen LogP contribution in [0.25, 0.3) is 0 Å². The Kier molecular flexibility index (Phi) is 6.99. The second-order valence-corrected chi connectivity index (χ2v) is 13.4. The first-order valence-corrected chi connectivity index (χ1v) is 16.4. The van der Waals surface area contributed by atoms with Crippen LogP contribution in [0, 0.1) is 25.7 Å². The normalized spacial score (nSPS) is 26.4. The number of carbonyl (C=O) groups is 2. The average molecular weight is 629 g/mol. The third-order valence-corrected chi connectivity index (χ3v) is 9.36. The third-order valence-electron chi connectivity index (χ3n) is 9.36. The molecule has 0 amide bonds. The van der Waals surface area contributed by atoms with Crippen LogP contribution in [0.1, 0.15) is 36.8 Å². The molecular formula is C34H40N6O6. The maximum absolute atomic E-state index is 13.9. The zero-order valence-corrected chi connectivity index (χ0v) is 26.3. The number of fused-ring (bicyclic) bond motifs is 2. The van der Waals surface area contributed by atoms with Crippen molar-refractivity contribution in [3.63, 3.8) is 0 Å². The molecule has 4 aliphatic heterocycles. The summed E-state index contributed by atoms with van der Waals surface area (Å²) >= 11 is 0. The van der Waals surface area contributed by atoms with Crippen molar-refractivity contribution in [3.05, 3.63) is 47.5 Å². The number of ether oxygens (including phenoxy) is 4. The molecule has 12 heteroatoms. The van der Waals surface area contributed by atoms with Gasteiger partial charge in [-0.3, -0.25) is 9.98 Å². The van der Waals surface area contributed by atoms with E-state index < -0.39 is 23.5 Å². The van der Waals surface area contributed by atoms with Gasteiger partial charge >= 0.3 is 23.5 Å². The molecule has 8 rings (SSSR count). The lowest BCUT2D eigenvalue weighted by atomic mass is 10.1. The van der Waals surface area contributed by atoms with Gasteiger partial charge in [0.15, 0.2) is 11.7 Å². The molecule has 0 spiro atoms. The first kappa shape index (κ1) is 29.0. The van der Waals surface area contributed by atoms with Gasteiger partial charge in [-0.15, -0.1) is 0 Å². The van der Waals surface area contributed by atoms with E-state index in [1.54, 1.807) is 0 Å². The Morgan fingerprint density at radius 3 is 1.57 bits per heavy atom. The number of hydrogen-bond acceptors (Lipinski definition) is 12. The monoisotopic (exact) mass is 628 g/mol. The molecule has 2 N–H and O–H groups in total. The second-order valence-electron chi connectivity index (χ2n) is 13.4. The average Bonchev–Trinajstić information content (AvgIpc) is 3.89. The zero-order valence-electron chi connectivity index (χ0n) is 26.3. The number of nitrogens with one attached hydrogen (secondary N) is 2. The van der Waals surface area contributed by atoms with E-state index in [2.05, 4.69) is 42.6 Å². The Morgan fingerprint density at radius 2 is 1.20 bits per heavy atom. The van der Waals surface area contributed by atoms with Gasteiger partial charge in [-0.2, -0.15) is 0 Å². The SMILES string of the molecule is Cc1ccc2c(c1)N(CC1CC1)CC(OC(=O)C(=O)OC1(C3=NCCN3)CN(CC3CC3)c3cc(C)ccc3O1)(C1=NCCN1)O2. The van der Waals surface area contributed by atoms with E-state index >= 15 is 0 Å². The number of aryl methyl sites for hydroxylation is 2. The van der Waals surface area contributed by atoms with Gasteiger partial charge in [0.1, 0.15) is 24.6 Å². The minimum Gasteiger partial charge on any atom is -0.442 e. The van der Waals surface area contributed by atoms with Crippen molar-refractivity contribution in [2.45, 2.75) is 51.1 Å². The number of anilines is 2. The second kappa shape index (κ2) is 11.1. The van der Waals surface area contributed by atoms with Gasteiger partial charge in [-0.05, 0) is 86.8 Å². The number of aliphatic imine (C=N–C) groups is 2. The zero-order chi connectivity index (χ0) is 31.5. The molecule has 0 aromatic heterocycles. The summed E-state index contributed by atoms with van der Waals surface area (Å²) in [5, 5.41) is 6.46. The number of hydrogen-bond donors (Lipinski definition) is 2. The summed E-state index contributed by atoms with van der Waals surface area (Å²) in [6.07, 6.45) is 4.60.